The molecule has 3 unspecified atom stereocenters. The van der Waals surface area contributed by atoms with Gasteiger partial charge in [0.05, 0.1) is 30.0 Å². The first-order chi connectivity index (χ1) is 13.2. The number of ether oxygens (including phenoxy) is 1. The van der Waals surface area contributed by atoms with Crippen LogP contribution in [0, 0.1) is 5.92 Å². The Kier molecular flexibility index (Phi) is 5.18. The minimum Gasteiger partial charge on any atom is -0.465 e. The molecule has 4 rings (SSSR count). The van der Waals surface area contributed by atoms with E-state index in [2.05, 4.69) is 9.71 Å². The van der Waals surface area contributed by atoms with Crippen LogP contribution < -0.4 is 4.72 Å². The van der Waals surface area contributed by atoms with Crippen LogP contribution in [0.4, 0.5) is 4.79 Å². The van der Waals surface area contributed by atoms with Crippen LogP contribution >= 0.6 is 11.3 Å². The molecule has 8 nitrogen and oxygen atoms in total. The van der Waals surface area contributed by atoms with E-state index in [4.69, 9.17) is 4.74 Å². The van der Waals surface area contributed by atoms with E-state index >= 15 is 0 Å². The third-order valence-electron chi connectivity index (χ3n) is 6.53. The summed E-state index contributed by atoms with van der Waals surface area (Å²) in [5.41, 5.74) is 0.239. The van der Waals surface area contributed by atoms with Gasteiger partial charge in [-0.15, -0.1) is 11.3 Å². The molecule has 10 heteroatoms. The highest BCUT2D eigenvalue weighted by Crippen LogP contribution is 2.63. The zero-order chi connectivity index (χ0) is 20.1. The highest BCUT2D eigenvalue weighted by atomic mass is 32.2. The van der Waals surface area contributed by atoms with Crippen LogP contribution in [-0.2, 0) is 20.2 Å². The van der Waals surface area contributed by atoms with Crippen LogP contribution in [0.2, 0.25) is 0 Å². The topological polar surface area (TPSA) is 109 Å². The summed E-state index contributed by atoms with van der Waals surface area (Å²) in [5, 5.41) is 12.8. The van der Waals surface area contributed by atoms with E-state index in [0.29, 0.717) is 12.3 Å². The molecule has 2 N–H and O–H groups in total. The van der Waals surface area contributed by atoms with Crippen molar-refractivity contribution in [3.8, 4) is 0 Å². The third-order valence-corrected chi connectivity index (χ3v) is 8.25. The lowest BCUT2D eigenvalue weighted by atomic mass is 9.87. The molecule has 1 amide bonds. The number of hydrogen-bond acceptors (Lipinski definition) is 6. The minimum absolute atomic E-state index is 0.0889. The lowest BCUT2D eigenvalue weighted by Crippen LogP contribution is -2.50. The average molecular weight is 430 g/mol. The number of sulfonamides is 1. The number of nitrogens with zero attached hydrogens (tertiary/aromatic N) is 2. The van der Waals surface area contributed by atoms with Gasteiger partial charge in [0.2, 0.25) is 10.0 Å². The molecule has 2 saturated carbocycles. The molecule has 1 aliphatic heterocycles. The second-order valence-electron chi connectivity index (χ2n) is 8.46. The molecule has 28 heavy (non-hydrogen) atoms. The first kappa shape index (κ1) is 20.1. The number of thiazole rings is 1. The summed E-state index contributed by atoms with van der Waals surface area (Å²) in [7, 11) is -3.42. The molecule has 0 radical (unpaired) electrons. The van der Waals surface area contributed by atoms with Crippen molar-refractivity contribution in [1.82, 2.24) is 14.6 Å². The zero-order valence-corrected chi connectivity index (χ0v) is 17.7. The molecule has 3 fully saturated rings. The van der Waals surface area contributed by atoms with Gasteiger partial charge in [0.1, 0.15) is 0 Å². The van der Waals surface area contributed by atoms with Gasteiger partial charge >= 0.3 is 6.09 Å². The Hall–Kier alpha value is -1.23. The number of carbonyl (C=O) groups is 1. The number of nitrogens with one attached hydrogen (secondary N) is 1. The van der Waals surface area contributed by atoms with Gasteiger partial charge in [-0.2, -0.15) is 0 Å². The Morgan fingerprint density at radius 1 is 1.50 bits per heavy atom. The fourth-order valence-electron chi connectivity index (χ4n) is 5.16. The number of rotatable bonds is 6. The molecule has 2 aliphatic carbocycles. The zero-order valence-electron chi connectivity index (χ0n) is 16.1. The Balaban J connectivity index is 1.38. The van der Waals surface area contributed by atoms with E-state index in [-0.39, 0.29) is 24.2 Å². The van der Waals surface area contributed by atoms with Gasteiger partial charge in [-0.05, 0) is 44.9 Å². The maximum atomic E-state index is 11.7. The first-order valence-corrected chi connectivity index (χ1v) is 12.5. The summed E-state index contributed by atoms with van der Waals surface area (Å²) in [6.45, 7) is 2.02. The van der Waals surface area contributed by atoms with E-state index < -0.39 is 28.2 Å². The van der Waals surface area contributed by atoms with Gasteiger partial charge in [-0.3, -0.25) is 4.90 Å². The molecule has 1 saturated heterocycles. The average Bonchev–Trinajstić information content (AvgIpc) is 2.94. The summed E-state index contributed by atoms with van der Waals surface area (Å²) < 4.78 is 32.1. The molecule has 0 aromatic carbocycles. The predicted molar refractivity (Wildman–Crippen MR) is 105 cm³/mol. The maximum absolute atomic E-state index is 11.7. The summed E-state index contributed by atoms with van der Waals surface area (Å²) >= 11 is 1.73. The Morgan fingerprint density at radius 3 is 2.89 bits per heavy atom. The largest absolute Gasteiger partial charge is 0.465 e. The summed E-state index contributed by atoms with van der Waals surface area (Å²) in [6.07, 6.45) is 6.56. The van der Waals surface area contributed by atoms with Crippen molar-refractivity contribution in [2.24, 2.45) is 5.92 Å². The van der Waals surface area contributed by atoms with Crippen molar-refractivity contribution in [3.63, 3.8) is 0 Å². The minimum atomic E-state index is -3.42. The predicted octanol–water partition coefficient (Wildman–Crippen LogP) is 2.03. The van der Waals surface area contributed by atoms with Crippen LogP contribution in [0.1, 0.15) is 44.0 Å². The summed E-state index contributed by atoms with van der Waals surface area (Å²) in [4.78, 5) is 17.5. The molecule has 3 aliphatic rings. The van der Waals surface area contributed by atoms with Crippen LogP contribution in [0.25, 0.3) is 0 Å². The second kappa shape index (κ2) is 7.23. The SMILES string of the molecule is C[C@@H]1C[C@H](NS(C)(=O)=O)[C@H](COC2CCC3(c4nccs4)CC3C2)N1C(=O)O. The normalized spacial score (nSPS) is 37.6. The number of likely N-dealkylation sites (tertiary alicyclic amines) is 1. The second-order valence-corrected chi connectivity index (χ2v) is 11.1. The standard InChI is InChI=1S/C18H27N3O5S2/c1-11-7-14(20-28(2,24)25)15(21(11)17(22)23)10-26-13-3-4-18(9-12(18)8-13)16-19-5-6-27-16/h5-6,11-15,20H,3-4,7-10H2,1-2H3,(H,22,23)/t11-,12?,13?,14+,15+,18?/m1/s1. The fraction of sp³-hybridized carbons (Fsp3) is 0.778. The fourth-order valence-corrected chi connectivity index (χ4v) is 6.92. The van der Waals surface area contributed by atoms with Crippen molar-refractivity contribution in [2.45, 2.75) is 68.7 Å². The van der Waals surface area contributed by atoms with E-state index in [9.17, 15) is 18.3 Å². The van der Waals surface area contributed by atoms with Crippen molar-refractivity contribution in [3.05, 3.63) is 16.6 Å². The Morgan fingerprint density at radius 2 is 2.29 bits per heavy atom. The number of fused-ring (bicyclic) bond motifs is 1. The molecule has 0 bridgehead atoms. The van der Waals surface area contributed by atoms with Gasteiger partial charge in [-0.1, -0.05) is 0 Å². The van der Waals surface area contributed by atoms with Crippen molar-refractivity contribution >= 4 is 27.5 Å². The lowest BCUT2D eigenvalue weighted by Gasteiger charge is -2.32. The molecular weight excluding hydrogens is 402 g/mol. The van der Waals surface area contributed by atoms with Crippen LogP contribution in [-0.4, -0.2) is 66.6 Å². The molecule has 156 valence electrons. The highest BCUT2D eigenvalue weighted by molar-refractivity contribution is 7.88. The number of carboxylic acid groups (broad SMARTS) is 1. The number of aromatic nitrogens is 1. The smallest absolute Gasteiger partial charge is 0.407 e. The van der Waals surface area contributed by atoms with Crippen LogP contribution in [0.5, 0.6) is 0 Å². The quantitative estimate of drug-likeness (QED) is 0.716. The summed E-state index contributed by atoms with van der Waals surface area (Å²) in [5.74, 6) is 0.584. The molecule has 1 aromatic heterocycles. The number of amides is 1. The molecule has 2 heterocycles. The van der Waals surface area contributed by atoms with Gasteiger partial charge in [-0.25, -0.2) is 22.9 Å². The Bertz CT molecular complexity index is 830. The van der Waals surface area contributed by atoms with E-state index in [1.807, 2.05) is 11.6 Å². The highest BCUT2D eigenvalue weighted by Gasteiger charge is 2.59. The van der Waals surface area contributed by atoms with Gasteiger partial charge < -0.3 is 9.84 Å². The van der Waals surface area contributed by atoms with Crippen LogP contribution in [0.15, 0.2) is 11.6 Å². The van der Waals surface area contributed by atoms with E-state index in [1.165, 1.54) is 9.91 Å². The lowest BCUT2D eigenvalue weighted by molar-refractivity contribution is -0.00840. The van der Waals surface area contributed by atoms with Crippen LogP contribution in [0.3, 0.4) is 0 Å². The van der Waals surface area contributed by atoms with Crippen molar-refractivity contribution in [2.75, 3.05) is 12.9 Å². The van der Waals surface area contributed by atoms with E-state index in [0.717, 1.165) is 31.9 Å². The molecule has 6 atom stereocenters. The Labute approximate surface area is 169 Å². The molecular formula is C18H27N3O5S2. The third kappa shape index (κ3) is 3.79. The molecule has 1 aromatic rings. The molecule has 0 spiro atoms. The van der Waals surface area contributed by atoms with Gasteiger partial charge in [0.15, 0.2) is 0 Å². The summed E-state index contributed by atoms with van der Waals surface area (Å²) in [6, 6.07) is -1.22. The van der Waals surface area contributed by atoms with Crippen molar-refractivity contribution < 1.29 is 23.1 Å². The first-order valence-electron chi connectivity index (χ1n) is 9.70. The van der Waals surface area contributed by atoms with E-state index in [1.54, 1.807) is 18.3 Å². The number of hydrogen-bond donors (Lipinski definition) is 2. The van der Waals surface area contributed by atoms with Gasteiger partial charge in [0.25, 0.3) is 0 Å². The van der Waals surface area contributed by atoms with Gasteiger partial charge in [0, 0.05) is 29.1 Å². The van der Waals surface area contributed by atoms with Crippen molar-refractivity contribution in [1.29, 1.82) is 0 Å². The monoisotopic (exact) mass is 429 g/mol. The maximum Gasteiger partial charge on any atom is 0.407 e.